The quantitative estimate of drug-likeness (QED) is 0.477. The minimum Gasteiger partial charge on any atom is -0.497 e. The number of hydrogen-bond donors (Lipinski definition) is 2. The SMILES string of the molecule is CCCOc1ccc(C=NNC(=O)C(C)NC(=O)Cc2ccc(OC)cc2)cc1. The van der Waals surface area contributed by atoms with Crippen molar-refractivity contribution in [3.05, 3.63) is 59.7 Å². The van der Waals surface area contributed by atoms with Gasteiger partial charge in [0.05, 0.1) is 26.4 Å². The van der Waals surface area contributed by atoms with E-state index in [4.69, 9.17) is 9.47 Å². The van der Waals surface area contributed by atoms with Crippen molar-refractivity contribution in [2.45, 2.75) is 32.7 Å². The van der Waals surface area contributed by atoms with Crippen LogP contribution in [-0.4, -0.2) is 37.8 Å². The number of carbonyl (C=O) groups excluding carboxylic acids is 2. The van der Waals surface area contributed by atoms with Crippen molar-refractivity contribution >= 4 is 18.0 Å². The molecule has 0 saturated carbocycles. The Labute approximate surface area is 171 Å². The van der Waals surface area contributed by atoms with Gasteiger partial charge < -0.3 is 14.8 Å². The highest BCUT2D eigenvalue weighted by molar-refractivity contribution is 5.89. The summed E-state index contributed by atoms with van der Waals surface area (Å²) < 4.78 is 10.6. The highest BCUT2D eigenvalue weighted by Crippen LogP contribution is 2.12. The van der Waals surface area contributed by atoms with Crippen LogP contribution in [0.1, 0.15) is 31.4 Å². The number of carbonyl (C=O) groups is 2. The van der Waals surface area contributed by atoms with Crippen LogP contribution in [0.5, 0.6) is 11.5 Å². The van der Waals surface area contributed by atoms with Crippen molar-refractivity contribution in [2.75, 3.05) is 13.7 Å². The molecule has 154 valence electrons. The third kappa shape index (κ3) is 7.65. The van der Waals surface area contributed by atoms with Crippen molar-refractivity contribution in [3.8, 4) is 11.5 Å². The maximum atomic E-state index is 12.1. The van der Waals surface area contributed by atoms with Crippen molar-refractivity contribution in [1.29, 1.82) is 0 Å². The van der Waals surface area contributed by atoms with Crippen LogP contribution in [0.25, 0.3) is 0 Å². The van der Waals surface area contributed by atoms with Gasteiger partial charge in [0.15, 0.2) is 0 Å². The summed E-state index contributed by atoms with van der Waals surface area (Å²) in [5.74, 6) is 0.876. The molecule has 0 aliphatic rings. The predicted molar refractivity (Wildman–Crippen MR) is 112 cm³/mol. The Kier molecular flexibility index (Phi) is 8.69. The van der Waals surface area contributed by atoms with E-state index in [1.165, 1.54) is 6.21 Å². The lowest BCUT2D eigenvalue weighted by Crippen LogP contribution is -2.43. The van der Waals surface area contributed by atoms with Crippen LogP contribution in [0.2, 0.25) is 0 Å². The van der Waals surface area contributed by atoms with Gasteiger partial charge in [-0.3, -0.25) is 9.59 Å². The van der Waals surface area contributed by atoms with Crippen molar-refractivity contribution in [2.24, 2.45) is 5.10 Å². The molecular formula is C22H27N3O4. The van der Waals surface area contributed by atoms with E-state index in [-0.39, 0.29) is 12.3 Å². The molecule has 0 spiro atoms. The molecule has 0 fully saturated rings. The number of ether oxygens (including phenoxy) is 2. The molecule has 2 aromatic carbocycles. The smallest absolute Gasteiger partial charge is 0.262 e. The molecule has 2 amide bonds. The second-order valence-electron chi connectivity index (χ2n) is 6.47. The number of hydrazone groups is 1. The summed E-state index contributed by atoms with van der Waals surface area (Å²) in [6.07, 6.45) is 2.66. The number of amides is 2. The molecule has 7 heteroatoms. The monoisotopic (exact) mass is 397 g/mol. The zero-order valence-corrected chi connectivity index (χ0v) is 17.0. The fourth-order valence-electron chi connectivity index (χ4n) is 2.42. The van der Waals surface area contributed by atoms with Crippen LogP contribution >= 0.6 is 0 Å². The number of methoxy groups -OCH3 is 1. The molecule has 0 aromatic heterocycles. The van der Waals surface area contributed by atoms with E-state index in [1.807, 2.05) is 43.3 Å². The van der Waals surface area contributed by atoms with Gasteiger partial charge in [-0.1, -0.05) is 19.1 Å². The Morgan fingerprint density at radius 3 is 2.34 bits per heavy atom. The van der Waals surface area contributed by atoms with Crippen molar-refractivity contribution in [1.82, 2.24) is 10.7 Å². The second-order valence-corrected chi connectivity index (χ2v) is 6.47. The topological polar surface area (TPSA) is 89.0 Å². The molecule has 0 aliphatic heterocycles. The fourth-order valence-corrected chi connectivity index (χ4v) is 2.42. The van der Waals surface area contributed by atoms with Gasteiger partial charge in [0.25, 0.3) is 5.91 Å². The van der Waals surface area contributed by atoms with Crippen molar-refractivity contribution in [3.63, 3.8) is 0 Å². The normalized spacial score (nSPS) is 11.7. The van der Waals surface area contributed by atoms with E-state index in [0.717, 1.165) is 29.0 Å². The number of benzene rings is 2. The van der Waals surface area contributed by atoms with E-state index < -0.39 is 11.9 Å². The first-order valence-electron chi connectivity index (χ1n) is 9.50. The summed E-state index contributed by atoms with van der Waals surface area (Å²) in [5, 5.41) is 6.59. The van der Waals surface area contributed by atoms with Gasteiger partial charge in [-0.2, -0.15) is 5.10 Å². The molecule has 0 heterocycles. The number of hydrogen-bond acceptors (Lipinski definition) is 5. The van der Waals surface area contributed by atoms with Crippen molar-refractivity contribution < 1.29 is 19.1 Å². The first-order chi connectivity index (χ1) is 14.0. The molecule has 2 aromatic rings. The average Bonchev–Trinajstić information content (AvgIpc) is 2.73. The Morgan fingerprint density at radius 1 is 1.07 bits per heavy atom. The maximum absolute atomic E-state index is 12.1. The molecule has 1 atom stereocenters. The molecular weight excluding hydrogens is 370 g/mol. The number of nitrogens with zero attached hydrogens (tertiary/aromatic N) is 1. The highest BCUT2D eigenvalue weighted by atomic mass is 16.5. The Bertz CT molecular complexity index is 817. The number of rotatable bonds is 10. The van der Waals surface area contributed by atoms with E-state index in [9.17, 15) is 9.59 Å². The standard InChI is InChI=1S/C22H27N3O4/c1-4-13-29-20-11-7-18(8-12-20)15-23-25-22(27)16(2)24-21(26)14-17-5-9-19(28-3)10-6-17/h5-12,15-16H,4,13-14H2,1-3H3,(H,24,26)(H,25,27). The predicted octanol–water partition coefficient (Wildman–Crippen LogP) is 2.68. The van der Waals surface area contributed by atoms with Crippen LogP contribution < -0.4 is 20.2 Å². The zero-order valence-electron chi connectivity index (χ0n) is 17.0. The minimum absolute atomic E-state index is 0.178. The molecule has 29 heavy (non-hydrogen) atoms. The van der Waals surface area contributed by atoms with Gasteiger partial charge >= 0.3 is 0 Å². The molecule has 2 rings (SSSR count). The van der Waals surface area contributed by atoms with Gasteiger partial charge in [0, 0.05) is 0 Å². The molecule has 0 bridgehead atoms. The van der Waals surface area contributed by atoms with E-state index in [2.05, 4.69) is 15.8 Å². The summed E-state index contributed by atoms with van der Waals surface area (Å²) in [5.41, 5.74) is 4.09. The fraction of sp³-hybridized carbons (Fsp3) is 0.318. The lowest BCUT2D eigenvalue weighted by molar-refractivity contribution is -0.128. The Hall–Kier alpha value is -3.35. The summed E-state index contributed by atoms with van der Waals surface area (Å²) >= 11 is 0. The molecule has 1 unspecified atom stereocenters. The van der Waals surface area contributed by atoms with Gasteiger partial charge in [-0.05, 0) is 60.9 Å². The first kappa shape index (κ1) is 21.9. The van der Waals surface area contributed by atoms with Gasteiger partial charge in [-0.15, -0.1) is 0 Å². The van der Waals surface area contributed by atoms with Crippen LogP contribution in [0.4, 0.5) is 0 Å². The second kappa shape index (κ2) is 11.5. The maximum Gasteiger partial charge on any atom is 0.262 e. The van der Waals surface area contributed by atoms with Gasteiger partial charge in [-0.25, -0.2) is 5.43 Å². The molecule has 2 N–H and O–H groups in total. The summed E-state index contributed by atoms with van der Waals surface area (Å²) in [6.45, 7) is 4.33. The molecule has 0 saturated heterocycles. The van der Waals surface area contributed by atoms with Crippen LogP contribution in [0.15, 0.2) is 53.6 Å². The van der Waals surface area contributed by atoms with Gasteiger partial charge in [0.1, 0.15) is 17.5 Å². The van der Waals surface area contributed by atoms with Crippen LogP contribution in [0, 0.1) is 0 Å². The summed E-state index contributed by atoms with van der Waals surface area (Å²) in [6, 6.07) is 13.9. The van der Waals surface area contributed by atoms with Gasteiger partial charge in [0.2, 0.25) is 5.91 Å². The lowest BCUT2D eigenvalue weighted by atomic mass is 10.1. The summed E-state index contributed by atoms with van der Waals surface area (Å²) in [4.78, 5) is 24.2. The van der Waals surface area contributed by atoms with E-state index in [0.29, 0.717) is 6.61 Å². The highest BCUT2D eigenvalue weighted by Gasteiger charge is 2.15. The molecule has 0 aliphatic carbocycles. The van der Waals surface area contributed by atoms with Crippen LogP contribution in [-0.2, 0) is 16.0 Å². The molecule has 7 nitrogen and oxygen atoms in total. The van der Waals surface area contributed by atoms with Crippen LogP contribution in [0.3, 0.4) is 0 Å². The third-order valence-electron chi connectivity index (χ3n) is 4.04. The first-order valence-corrected chi connectivity index (χ1v) is 9.50. The zero-order chi connectivity index (χ0) is 21.1. The largest absolute Gasteiger partial charge is 0.497 e. The third-order valence-corrected chi connectivity index (χ3v) is 4.04. The van der Waals surface area contributed by atoms with E-state index in [1.54, 1.807) is 26.2 Å². The molecule has 0 radical (unpaired) electrons. The minimum atomic E-state index is -0.706. The number of nitrogens with one attached hydrogen (secondary N) is 2. The summed E-state index contributed by atoms with van der Waals surface area (Å²) in [7, 11) is 1.58. The Balaban J connectivity index is 1.77. The Morgan fingerprint density at radius 2 is 1.72 bits per heavy atom. The average molecular weight is 397 g/mol. The lowest BCUT2D eigenvalue weighted by Gasteiger charge is -2.12. The van der Waals surface area contributed by atoms with E-state index >= 15 is 0 Å².